The molecular formula is C54H68O6. The molecule has 0 amide bonds. The van der Waals surface area contributed by atoms with Crippen LogP contribution in [-0.2, 0) is 19.3 Å². The molecular weight excluding hydrogens is 745 g/mol. The maximum absolute atomic E-state index is 12.8. The Labute approximate surface area is 356 Å². The molecule has 6 nitrogen and oxygen atoms in total. The van der Waals surface area contributed by atoms with Gasteiger partial charge in [0.15, 0.2) is 0 Å². The number of fused-ring (bicyclic) bond motifs is 15. The fourth-order valence-corrected chi connectivity index (χ4v) is 17.8. The smallest absolute Gasteiger partial charge is 0.131 e. The summed E-state index contributed by atoms with van der Waals surface area (Å²) in [6.45, 7) is 6.95. The van der Waals surface area contributed by atoms with Gasteiger partial charge in [-0.25, -0.2) is 0 Å². The predicted octanol–water partition coefficient (Wildman–Crippen LogP) is 10.8. The number of phenols is 3. The Morgan fingerprint density at radius 3 is 1.52 bits per heavy atom. The molecule has 15 atom stereocenters. The van der Waals surface area contributed by atoms with E-state index in [-0.39, 0.29) is 46.1 Å². The van der Waals surface area contributed by atoms with Crippen LogP contribution in [0.3, 0.4) is 0 Å². The maximum Gasteiger partial charge on any atom is 0.131 e. The lowest BCUT2D eigenvalue weighted by molar-refractivity contribution is -0.0227. The van der Waals surface area contributed by atoms with Crippen molar-refractivity contribution in [1.29, 1.82) is 0 Å². The van der Waals surface area contributed by atoms with E-state index in [9.17, 15) is 30.6 Å². The summed E-state index contributed by atoms with van der Waals surface area (Å²) in [5.74, 6) is 4.78. The van der Waals surface area contributed by atoms with Gasteiger partial charge in [0.25, 0.3) is 0 Å². The van der Waals surface area contributed by atoms with Crippen LogP contribution in [0.15, 0.2) is 30.3 Å². The highest BCUT2D eigenvalue weighted by Crippen LogP contribution is 2.66. The van der Waals surface area contributed by atoms with Gasteiger partial charge in [-0.3, -0.25) is 0 Å². The lowest BCUT2D eigenvalue weighted by atomic mass is 9.54. The first-order valence-electron chi connectivity index (χ1n) is 24.5. The minimum absolute atomic E-state index is 0.00172. The van der Waals surface area contributed by atoms with Crippen molar-refractivity contribution in [2.75, 3.05) is 0 Å². The molecule has 0 bridgehead atoms. The average Bonchev–Trinajstić information content (AvgIpc) is 3.85. The summed E-state index contributed by atoms with van der Waals surface area (Å²) < 4.78 is 0. The van der Waals surface area contributed by atoms with Crippen molar-refractivity contribution in [2.45, 2.75) is 172 Å². The zero-order valence-electron chi connectivity index (χ0n) is 36.2. The Bertz CT molecular complexity index is 2280. The van der Waals surface area contributed by atoms with E-state index in [1.54, 1.807) is 0 Å². The molecule has 6 heteroatoms. The van der Waals surface area contributed by atoms with Gasteiger partial charge >= 0.3 is 0 Å². The largest absolute Gasteiger partial charge is 0.507 e. The Morgan fingerprint density at radius 2 is 0.950 bits per heavy atom. The van der Waals surface area contributed by atoms with Gasteiger partial charge in [-0.15, -0.1) is 0 Å². The number of aliphatic hydroxyl groups is 3. The Hall–Kier alpha value is -3.06. The number of aromatic hydroxyl groups is 3. The first-order valence-corrected chi connectivity index (χ1v) is 24.5. The van der Waals surface area contributed by atoms with Crippen LogP contribution in [-0.4, -0.2) is 49.0 Å². The van der Waals surface area contributed by atoms with E-state index in [4.69, 9.17) is 0 Å². The van der Waals surface area contributed by atoms with Crippen LogP contribution in [0.25, 0.3) is 22.3 Å². The SMILES string of the molecule is C[C@]12CC[C@@H]3c4cc(O)c(-c5c(O)c(-c6ccc7c(c6O)CC[C@@H]6[C@@H]7CC[C@]7(C)[C@@H](O)CC[C@@H]67)cc6c5CC[C@@H]5[C@@H]6CC[C@]6(C)[C@@H](O)CC[C@@H]56)cc4CC[C@H]3[C@@H]1CC[C@@H]2O. The summed E-state index contributed by atoms with van der Waals surface area (Å²) in [5, 5.41) is 70.8. The van der Waals surface area contributed by atoms with Gasteiger partial charge in [-0.1, -0.05) is 32.9 Å². The van der Waals surface area contributed by atoms with Crippen LogP contribution in [0, 0.1) is 51.8 Å². The standard InChI is InChI=1S/C54H68O6/c1-52-21-18-29-28-6-10-37(50(59)36(28)11-8-33(29)43(52)13-16-46(52)56)40-25-39-31-20-23-54(3)44(14-17-48(54)58)34(31)7-9-35(39)49(51(40)60)41-24-27-4-5-32-30(38(27)26-45(41)55)19-22-53(2)42(32)12-15-47(53)57/h6,10,24-26,29-34,42-44,46-48,55-60H,4-5,7-9,11-23H2,1-3H3/t29-,30+,31+,32-,33-,34-,42+,43+,44+,46+,47+,48+,52+,53+,54+/m1/s1. The van der Waals surface area contributed by atoms with Gasteiger partial charge < -0.3 is 30.6 Å². The van der Waals surface area contributed by atoms with E-state index in [0.29, 0.717) is 70.1 Å². The fraction of sp³-hybridized carbons (Fsp3) is 0.667. The first kappa shape index (κ1) is 38.6. The quantitative estimate of drug-likeness (QED) is 0.153. The number of benzene rings is 3. The third-order valence-electron chi connectivity index (χ3n) is 21.1. The number of hydrogen-bond donors (Lipinski definition) is 6. The molecule has 0 heterocycles. The normalized spacial score (nSPS) is 43.4. The molecule has 6 N–H and O–H groups in total. The molecule has 6 fully saturated rings. The highest BCUT2D eigenvalue weighted by Gasteiger charge is 2.57. The lowest BCUT2D eigenvalue weighted by Crippen LogP contribution is -2.44. The first-order chi connectivity index (χ1) is 28.8. The maximum atomic E-state index is 12.8. The number of aliphatic hydroxyl groups excluding tert-OH is 3. The Kier molecular flexibility index (Phi) is 8.52. The van der Waals surface area contributed by atoms with Gasteiger partial charge in [0.05, 0.1) is 18.3 Å². The lowest BCUT2D eigenvalue weighted by Gasteiger charge is -2.50. The molecule has 3 aromatic rings. The zero-order chi connectivity index (χ0) is 41.2. The van der Waals surface area contributed by atoms with E-state index in [2.05, 4.69) is 51.1 Å². The van der Waals surface area contributed by atoms with Crippen LogP contribution in [0.2, 0.25) is 0 Å². The van der Waals surface area contributed by atoms with E-state index in [1.165, 1.54) is 22.3 Å². The van der Waals surface area contributed by atoms with Crippen LogP contribution in [0.4, 0.5) is 0 Å². The summed E-state index contributed by atoms with van der Waals surface area (Å²) in [4.78, 5) is 0. The van der Waals surface area contributed by atoms with Crippen molar-refractivity contribution >= 4 is 0 Å². The minimum Gasteiger partial charge on any atom is -0.507 e. The van der Waals surface area contributed by atoms with Gasteiger partial charge in [0.2, 0.25) is 0 Å². The van der Waals surface area contributed by atoms with Crippen LogP contribution in [0.1, 0.15) is 168 Å². The summed E-state index contributed by atoms with van der Waals surface area (Å²) in [5.41, 5.74) is 10.1. The van der Waals surface area contributed by atoms with Gasteiger partial charge in [0, 0.05) is 22.3 Å². The second-order valence-electron chi connectivity index (χ2n) is 23.0. The van der Waals surface area contributed by atoms with Crippen molar-refractivity contribution in [3.8, 4) is 39.5 Å². The topological polar surface area (TPSA) is 121 Å². The monoisotopic (exact) mass is 813 g/mol. The number of phenolic OH excluding ortho intramolecular Hbond substituents is 3. The Balaban J connectivity index is 0.976. The highest BCUT2D eigenvalue weighted by molar-refractivity contribution is 5.90. The van der Waals surface area contributed by atoms with Crippen molar-refractivity contribution in [1.82, 2.24) is 0 Å². The fourth-order valence-electron chi connectivity index (χ4n) is 17.8. The third kappa shape index (κ3) is 5.05. The number of hydrogen-bond acceptors (Lipinski definition) is 6. The highest BCUT2D eigenvalue weighted by atomic mass is 16.3. The van der Waals surface area contributed by atoms with Gasteiger partial charge in [0.1, 0.15) is 17.2 Å². The van der Waals surface area contributed by atoms with E-state index in [1.807, 2.05) is 0 Å². The molecule has 9 aliphatic carbocycles. The van der Waals surface area contributed by atoms with Gasteiger partial charge in [-0.05, 0) is 237 Å². The molecule has 0 unspecified atom stereocenters. The predicted molar refractivity (Wildman–Crippen MR) is 234 cm³/mol. The molecule has 6 saturated carbocycles. The van der Waals surface area contributed by atoms with E-state index < -0.39 is 0 Å². The van der Waals surface area contributed by atoms with Crippen LogP contribution >= 0.6 is 0 Å². The van der Waals surface area contributed by atoms with Crippen molar-refractivity contribution in [3.63, 3.8) is 0 Å². The van der Waals surface area contributed by atoms with Crippen molar-refractivity contribution in [3.05, 3.63) is 63.7 Å². The summed E-state index contributed by atoms with van der Waals surface area (Å²) in [7, 11) is 0. The molecule has 0 spiro atoms. The molecule has 12 rings (SSSR count). The number of aryl methyl sites for hydroxylation is 1. The second-order valence-corrected chi connectivity index (χ2v) is 23.0. The van der Waals surface area contributed by atoms with Gasteiger partial charge in [-0.2, -0.15) is 0 Å². The molecule has 320 valence electrons. The van der Waals surface area contributed by atoms with Crippen LogP contribution < -0.4 is 0 Å². The average molecular weight is 813 g/mol. The Morgan fingerprint density at radius 1 is 0.450 bits per heavy atom. The molecule has 9 aliphatic rings. The molecule has 0 aliphatic heterocycles. The molecule has 3 aromatic carbocycles. The van der Waals surface area contributed by atoms with E-state index in [0.717, 1.165) is 138 Å². The summed E-state index contributed by atoms with van der Waals surface area (Å²) >= 11 is 0. The molecule has 0 aromatic heterocycles. The van der Waals surface area contributed by atoms with Crippen LogP contribution in [0.5, 0.6) is 17.2 Å². The summed E-state index contributed by atoms with van der Waals surface area (Å²) in [6.07, 6.45) is 17.0. The zero-order valence-corrected chi connectivity index (χ0v) is 36.2. The second kappa shape index (κ2) is 13.2. The van der Waals surface area contributed by atoms with Crippen molar-refractivity contribution < 1.29 is 30.6 Å². The third-order valence-corrected chi connectivity index (χ3v) is 21.1. The molecule has 0 radical (unpaired) electrons. The van der Waals surface area contributed by atoms with Crippen molar-refractivity contribution in [2.24, 2.45) is 51.8 Å². The molecule has 60 heavy (non-hydrogen) atoms. The number of rotatable bonds is 2. The minimum atomic E-state index is -0.247. The summed E-state index contributed by atoms with van der Waals surface area (Å²) in [6, 6.07) is 10.8. The molecule has 0 saturated heterocycles. The van der Waals surface area contributed by atoms with E-state index >= 15 is 0 Å².